The number of sulfonamides is 1. The number of amides is 1. The molecule has 0 saturated heterocycles. The highest BCUT2D eigenvalue weighted by Gasteiger charge is 2.34. The molecule has 0 fully saturated rings. The highest BCUT2D eigenvalue weighted by Crippen LogP contribution is 2.38. The van der Waals surface area contributed by atoms with Gasteiger partial charge in [-0.3, -0.25) is 9.52 Å². The fourth-order valence-corrected chi connectivity index (χ4v) is 3.91. The second-order valence-corrected chi connectivity index (χ2v) is 8.46. The molecule has 0 saturated carbocycles. The maximum atomic E-state index is 12.5. The summed E-state index contributed by atoms with van der Waals surface area (Å²) in [5, 5.41) is 6.51. The first-order chi connectivity index (χ1) is 12.8. The zero-order valence-corrected chi connectivity index (χ0v) is 16.6. The Labute approximate surface area is 163 Å². The summed E-state index contributed by atoms with van der Waals surface area (Å²) in [6, 6.07) is 14.0. The second-order valence-electron chi connectivity index (χ2n) is 6.30. The molecular weight excluding hydrogens is 386 g/mol. The molecule has 1 aliphatic heterocycles. The van der Waals surface area contributed by atoms with Gasteiger partial charge in [0.05, 0.1) is 23.7 Å². The Bertz CT molecular complexity index is 1000. The lowest BCUT2D eigenvalue weighted by Gasteiger charge is -2.24. The van der Waals surface area contributed by atoms with Gasteiger partial charge in [-0.15, -0.1) is 0 Å². The number of hydrogen-bond donors (Lipinski definition) is 1. The van der Waals surface area contributed by atoms with E-state index in [-0.39, 0.29) is 12.3 Å². The summed E-state index contributed by atoms with van der Waals surface area (Å²) in [6.07, 6.45) is 1.83. The van der Waals surface area contributed by atoms with Gasteiger partial charge in [-0.1, -0.05) is 54.9 Å². The number of rotatable bonds is 5. The van der Waals surface area contributed by atoms with Crippen molar-refractivity contribution in [1.82, 2.24) is 5.01 Å². The van der Waals surface area contributed by atoms with Crippen LogP contribution in [0.4, 0.5) is 5.69 Å². The Hall–Kier alpha value is -2.38. The first kappa shape index (κ1) is 19.4. The second kappa shape index (κ2) is 7.70. The zero-order valence-electron chi connectivity index (χ0n) is 15.0. The number of para-hydroxylation sites is 1. The van der Waals surface area contributed by atoms with Gasteiger partial charge in [0.1, 0.15) is 0 Å². The van der Waals surface area contributed by atoms with E-state index in [0.29, 0.717) is 28.4 Å². The third kappa shape index (κ3) is 4.31. The lowest BCUT2D eigenvalue weighted by atomic mass is 9.97. The van der Waals surface area contributed by atoms with Crippen LogP contribution >= 0.6 is 11.6 Å². The van der Waals surface area contributed by atoms with Gasteiger partial charge in [-0.25, -0.2) is 13.4 Å². The molecule has 1 heterocycles. The van der Waals surface area contributed by atoms with Crippen molar-refractivity contribution in [1.29, 1.82) is 0 Å². The lowest BCUT2D eigenvalue weighted by molar-refractivity contribution is -0.132. The first-order valence-corrected chi connectivity index (χ1v) is 10.8. The summed E-state index contributed by atoms with van der Waals surface area (Å²) in [4.78, 5) is 12.5. The Morgan fingerprint density at radius 2 is 1.89 bits per heavy atom. The van der Waals surface area contributed by atoms with E-state index in [4.69, 9.17) is 11.6 Å². The van der Waals surface area contributed by atoms with Crippen LogP contribution in [0.25, 0.3) is 0 Å². The number of nitrogens with one attached hydrogen (secondary N) is 1. The fraction of sp³-hybridized carbons (Fsp3) is 0.263. The molecule has 3 rings (SSSR count). The third-order valence-corrected chi connectivity index (χ3v) is 5.19. The van der Waals surface area contributed by atoms with Crippen molar-refractivity contribution in [2.75, 3.05) is 11.0 Å². The average Bonchev–Trinajstić information content (AvgIpc) is 3.05. The van der Waals surface area contributed by atoms with Crippen LogP contribution in [0, 0.1) is 0 Å². The van der Waals surface area contributed by atoms with E-state index in [1.807, 2.05) is 24.3 Å². The monoisotopic (exact) mass is 405 g/mol. The van der Waals surface area contributed by atoms with E-state index < -0.39 is 16.1 Å². The molecule has 0 radical (unpaired) electrons. The van der Waals surface area contributed by atoms with Crippen LogP contribution in [0.2, 0.25) is 5.02 Å². The Balaban J connectivity index is 2.04. The molecule has 142 valence electrons. The third-order valence-electron chi connectivity index (χ3n) is 4.27. The summed E-state index contributed by atoms with van der Waals surface area (Å²) in [5.74, 6) is -0.142. The minimum Gasteiger partial charge on any atom is -0.283 e. The molecule has 1 aliphatic rings. The van der Waals surface area contributed by atoms with Crippen LogP contribution in [0.1, 0.15) is 36.9 Å². The van der Waals surface area contributed by atoms with Crippen molar-refractivity contribution in [3.63, 3.8) is 0 Å². The quantitative estimate of drug-likeness (QED) is 0.821. The number of benzene rings is 2. The molecule has 6 nitrogen and oxygen atoms in total. The highest BCUT2D eigenvalue weighted by molar-refractivity contribution is 7.92. The van der Waals surface area contributed by atoms with Crippen LogP contribution in [-0.2, 0) is 14.8 Å². The SMILES string of the molecule is CCC(=O)N1N=C(c2ccccc2Cl)CC1c1ccccc1NS(C)(=O)=O. The number of halogens is 1. The maximum absolute atomic E-state index is 12.5. The molecule has 1 unspecified atom stereocenters. The van der Waals surface area contributed by atoms with Gasteiger partial charge in [0, 0.05) is 29.0 Å². The van der Waals surface area contributed by atoms with Crippen molar-refractivity contribution < 1.29 is 13.2 Å². The van der Waals surface area contributed by atoms with E-state index in [9.17, 15) is 13.2 Å². The molecular formula is C19H20ClN3O3S. The van der Waals surface area contributed by atoms with Gasteiger partial charge >= 0.3 is 0 Å². The summed E-state index contributed by atoms with van der Waals surface area (Å²) in [5.41, 5.74) is 2.59. The molecule has 8 heteroatoms. The molecule has 1 atom stereocenters. The molecule has 2 aromatic carbocycles. The van der Waals surface area contributed by atoms with Crippen molar-refractivity contribution in [2.24, 2.45) is 5.10 Å². The van der Waals surface area contributed by atoms with E-state index in [1.54, 1.807) is 31.2 Å². The van der Waals surface area contributed by atoms with E-state index in [1.165, 1.54) is 5.01 Å². The van der Waals surface area contributed by atoms with Crippen molar-refractivity contribution in [2.45, 2.75) is 25.8 Å². The number of hydrazone groups is 1. The lowest BCUT2D eigenvalue weighted by Crippen LogP contribution is -2.27. The largest absolute Gasteiger partial charge is 0.283 e. The molecule has 27 heavy (non-hydrogen) atoms. The van der Waals surface area contributed by atoms with Gasteiger partial charge in [0.2, 0.25) is 15.9 Å². The normalized spacial score (nSPS) is 16.9. The van der Waals surface area contributed by atoms with E-state index in [2.05, 4.69) is 9.82 Å². The van der Waals surface area contributed by atoms with E-state index in [0.717, 1.165) is 11.8 Å². The minimum absolute atomic E-state index is 0.142. The molecule has 0 aromatic heterocycles. The van der Waals surface area contributed by atoms with E-state index >= 15 is 0 Å². The van der Waals surface area contributed by atoms with Crippen molar-refractivity contribution in [3.8, 4) is 0 Å². The standard InChI is InChI=1S/C19H20ClN3O3S/c1-3-19(24)23-18(12-17(21-23)13-8-4-6-10-15(13)20)14-9-5-7-11-16(14)22-27(2,25)26/h4-11,18,22H,3,12H2,1-2H3. The highest BCUT2D eigenvalue weighted by atomic mass is 35.5. The Kier molecular flexibility index (Phi) is 5.53. The smallest absolute Gasteiger partial charge is 0.242 e. The Morgan fingerprint density at radius 3 is 2.56 bits per heavy atom. The Morgan fingerprint density at radius 1 is 1.22 bits per heavy atom. The number of anilines is 1. The first-order valence-electron chi connectivity index (χ1n) is 8.51. The van der Waals surface area contributed by atoms with Crippen LogP contribution in [-0.4, -0.2) is 31.3 Å². The molecule has 0 aliphatic carbocycles. The van der Waals surface area contributed by atoms with Crippen LogP contribution < -0.4 is 4.72 Å². The molecule has 1 N–H and O–H groups in total. The predicted octanol–water partition coefficient (Wildman–Crippen LogP) is 3.80. The number of nitrogens with zero attached hydrogens (tertiary/aromatic N) is 2. The van der Waals surface area contributed by atoms with Crippen LogP contribution in [0.3, 0.4) is 0 Å². The van der Waals surface area contributed by atoms with Gasteiger partial charge in [-0.05, 0) is 12.1 Å². The molecule has 2 aromatic rings. The maximum Gasteiger partial charge on any atom is 0.242 e. The molecule has 1 amide bonds. The topological polar surface area (TPSA) is 78.8 Å². The van der Waals surface area contributed by atoms with Crippen LogP contribution in [0.5, 0.6) is 0 Å². The predicted molar refractivity (Wildman–Crippen MR) is 107 cm³/mol. The average molecular weight is 406 g/mol. The summed E-state index contributed by atoms with van der Waals surface area (Å²) >= 11 is 6.30. The summed E-state index contributed by atoms with van der Waals surface area (Å²) < 4.78 is 26.0. The van der Waals surface area contributed by atoms with Crippen molar-refractivity contribution >= 4 is 38.9 Å². The number of carbonyl (C=O) groups excluding carboxylic acids is 1. The zero-order chi connectivity index (χ0) is 19.6. The summed E-state index contributed by atoms with van der Waals surface area (Å²) in [6.45, 7) is 1.77. The van der Waals surface area contributed by atoms with Gasteiger partial charge in [0.15, 0.2) is 0 Å². The molecule has 0 spiro atoms. The van der Waals surface area contributed by atoms with Gasteiger partial charge in [0.25, 0.3) is 0 Å². The fourth-order valence-electron chi connectivity index (χ4n) is 3.08. The number of hydrogen-bond acceptors (Lipinski definition) is 4. The summed E-state index contributed by atoms with van der Waals surface area (Å²) in [7, 11) is -3.46. The van der Waals surface area contributed by atoms with Gasteiger partial charge in [-0.2, -0.15) is 5.10 Å². The van der Waals surface area contributed by atoms with Gasteiger partial charge < -0.3 is 0 Å². The van der Waals surface area contributed by atoms with Crippen LogP contribution in [0.15, 0.2) is 53.6 Å². The number of carbonyl (C=O) groups is 1. The minimum atomic E-state index is -3.46. The molecule has 0 bridgehead atoms. The van der Waals surface area contributed by atoms with Crippen molar-refractivity contribution in [3.05, 3.63) is 64.7 Å².